The van der Waals surface area contributed by atoms with Crippen molar-refractivity contribution in [3.05, 3.63) is 35.9 Å². The molecule has 0 aromatic heterocycles. The van der Waals surface area contributed by atoms with Crippen LogP contribution in [0.25, 0.3) is 0 Å². The fourth-order valence-electron chi connectivity index (χ4n) is 2.77. The van der Waals surface area contributed by atoms with Crippen LogP contribution in [0.4, 0.5) is 4.79 Å². The Kier molecular flexibility index (Phi) is 5.81. The summed E-state index contributed by atoms with van der Waals surface area (Å²) in [6.07, 6.45) is 1.17. The molecular formula is C17H23NO4. The lowest BCUT2D eigenvalue weighted by Crippen LogP contribution is -2.49. The predicted octanol–water partition coefficient (Wildman–Crippen LogP) is 2.99. The van der Waals surface area contributed by atoms with Gasteiger partial charge in [0.2, 0.25) is 0 Å². The van der Waals surface area contributed by atoms with Gasteiger partial charge >= 0.3 is 12.1 Å². The number of nitrogens with zero attached hydrogens (tertiary/aromatic N) is 1. The molecule has 0 radical (unpaired) electrons. The van der Waals surface area contributed by atoms with Crippen LogP contribution in [0.2, 0.25) is 0 Å². The molecule has 120 valence electrons. The Labute approximate surface area is 131 Å². The number of ether oxygens (including phenoxy) is 2. The molecule has 0 bridgehead atoms. The largest absolute Gasteiger partial charge is 0.466 e. The van der Waals surface area contributed by atoms with Crippen molar-refractivity contribution in [3.63, 3.8) is 0 Å². The maximum atomic E-state index is 12.3. The van der Waals surface area contributed by atoms with Crippen molar-refractivity contribution in [1.82, 2.24) is 4.90 Å². The van der Waals surface area contributed by atoms with Crippen molar-refractivity contribution in [2.24, 2.45) is 5.92 Å². The Morgan fingerprint density at radius 1 is 1.23 bits per heavy atom. The fraction of sp³-hybridized carbons (Fsp3) is 0.529. The minimum Gasteiger partial charge on any atom is -0.466 e. The standard InChI is InChI=1S/C17H23NO4/c1-3-21-16(19)15-10-7-11-18(13(15)2)17(20)22-12-14-8-5-4-6-9-14/h4-6,8-9,13,15H,3,7,10-12H2,1-2H3/t13-,15+/m1/s1. The molecule has 1 heterocycles. The van der Waals surface area contributed by atoms with Gasteiger partial charge in [0.25, 0.3) is 0 Å². The topological polar surface area (TPSA) is 55.8 Å². The zero-order valence-electron chi connectivity index (χ0n) is 13.2. The maximum Gasteiger partial charge on any atom is 0.410 e. The van der Waals surface area contributed by atoms with E-state index in [0.29, 0.717) is 13.2 Å². The predicted molar refractivity (Wildman–Crippen MR) is 82.2 cm³/mol. The highest BCUT2D eigenvalue weighted by atomic mass is 16.6. The number of hydrogen-bond donors (Lipinski definition) is 0. The van der Waals surface area contributed by atoms with E-state index in [9.17, 15) is 9.59 Å². The van der Waals surface area contributed by atoms with Gasteiger partial charge in [-0.1, -0.05) is 30.3 Å². The number of piperidine rings is 1. The molecule has 0 N–H and O–H groups in total. The third-order valence-corrected chi connectivity index (χ3v) is 4.02. The third kappa shape index (κ3) is 4.00. The number of benzene rings is 1. The molecule has 1 saturated heterocycles. The molecule has 1 aromatic carbocycles. The van der Waals surface area contributed by atoms with Gasteiger partial charge in [-0.25, -0.2) is 4.79 Å². The fourth-order valence-corrected chi connectivity index (χ4v) is 2.77. The second-order valence-corrected chi connectivity index (χ2v) is 5.47. The Morgan fingerprint density at radius 3 is 2.64 bits per heavy atom. The summed E-state index contributed by atoms with van der Waals surface area (Å²) in [5.74, 6) is -0.492. The zero-order chi connectivity index (χ0) is 15.9. The summed E-state index contributed by atoms with van der Waals surface area (Å²) in [7, 11) is 0. The quantitative estimate of drug-likeness (QED) is 0.802. The highest BCUT2D eigenvalue weighted by Crippen LogP contribution is 2.25. The van der Waals surface area contributed by atoms with E-state index < -0.39 is 0 Å². The summed E-state index contributed by atoms with van der Waals surface area (Å²) in [6, 6.07) is 9.36. The van der Waals surface area contributed by atoms with Gasteiger partial charge in [-0.15, -0.1) is 0 Å². The average Bonchev–Trinajstić information content (AvgIpc) is 2.54. The molecule has 0 spiro atoms. The molecule has 1 amide bonds. The summed E-state index contributed by atoms with van der Waals surface area (Å²) in [5, 5.41) is 0. The molecule has 1 fully saturated rings. The third-order valence-electron chi connectivity index (χ3n) is 4.02. The highest BCUT2D eigenvalue weighted by molar-refractivity contribution is 5.75. The van der Waals surface area contributed by atoms with Gasteiger partial charge < -0.3 is 14.4 Å². The molecule has 1 aromatic rings. The summed E-state index contributed by atoms with van der Waals surface area (Å²) >= 11 is 0. The Hall–Kier alpha value is -2.04. The first kappa shape index (κ1) is 16.3. The summed E-state index contributed by atoms with van der Waals surface area (Å²) in [5.41, 5.74) is 0.947. The summed E-state index contributed by atoms with van der Waals surface area (Å²) in [4.78, 5) is 25.8. The van der Waals surface area contributed by atoms with Crippen LogP contribution >= 0.6 is 0 Å². The van der Waals surface area contributed by atoms with Crippen molar-refractivity contribution in [3.8, 4) is 0 Å². The molecule has 1 aliphatic rings. The lowest BCUT2D eigenvalue weighted by Gasteiger charge is -2.37. The van der Waals surface area contributed by atoms with Crippen LogP contribution in [-0.4, -0.2) is 36.2 Å². The first-order chi connectivity index (χ1) is 10.6. The minimum atomic E-state index is -0.370. The lowest BCUT2D eigenvalue weighted by atomic mass is 9.90. The van der Waals surface area contributed by atoms with Crippen molar-refractivity contribution < 1.29 is 19.1 Å². The van der Waals surface area contributed by atoms with E-state index in [1.54, 1.807) is 11.8 Å². The second kappa shape index (κ2) is 7.82. The number of likely N-dealkylation sites (tertiary alicyclic amines) is 1. The van der Waals surface area contributed by atoms with Crippen LogP contribution < -0.4 is 0 Å². The van der Waals surface area contributed by atoms with Gasteiger partial charge in [0.05, 0.1) is 12.5 Å². The Morgan fingerprint density at radius 2 is 1.95 bits per heavy atom. The van der Waals surface area contributed by atoms with E-state index in [-0.39, 0.29) is 30.6 Å². The van der Waals surface area contributed by atoms with Crippen molar-refractivity contribution >= 4 is 12.1 Å². The van der Waals surface area contributed by atoms with E-state index in [2.05, 4.69) is 0 Å². The maximum absolute atomic E-state index is 12.3. The van der Waals surface area contributed by atoms with Gasteiger partial charge in [0.15, 0.2) is 0 Å². The number of rotatable bonds is 4. The minimum absolute atomic E-state index is 0.198. The second-order valence-electron chi connectivity index (χ2n) is 5.47. The van der Waals surface area contributed by atoms with Crippen molar-refractivity contribution in [2.45, 2.75) is 39.3 Å². The number of carbonyl (C=O) groups is 2. The van der Waals surface area contributed by atoms with Crippen LogP contribution in [0.15, 0.2) is 30.3 Å². The normalized spacial score (nSPS) is 21.3. The average molecular weight is 305 g/mol. The molecule has 2 rings (SSSR count). The van der Waals surface area contributed by atoms with Crippen LogP contribution in [0, 0.1) is 5.92 Å². The molecule has 22 heavy (non-hydrogen) atoms. The van der Waals surface area contributed by atoms with E-state index in [1.165, 1.54) is 0 Å². The van der Waals surface area contributed by atoms with Crippen LogP contribution in [0.3, 0.4) is 0 Å². The lowest BCUT2D eigenvalue weighted by molar-refractivity contribution is -0.151. The Bertz CT molecular complexity index is 503. The van der Waals surface area contributed by atoms with Crippen LogP contribution in [-0.2, 0) is 20.9 Å². The van der Waals surface area contributed by atoms with E-state index in [4.69, 9.17) is 9.47 Å². The van der Waals surface area contributed by atoms with Gasteiger partial charge in [-0.2, -0.15) is 0 Å². The van der Waals surface area contributed by atoms with E-state index >= 15 is 0 Å². The smallest absolute Gasteiger partial charge is 0.410 e. The number of esters is 1. The molecule has 5 nitrogen and oxygen atoms in total. The van der Waals surface area contributed by atoms with Gasteiger partial charge in [0.1, 0.15) is 6.61 Å². The molecular weight excluding hydrogens is 282 g/mol. The van der Waals surface area contributed by atoms with Gasteiger partial charge in [-0.3, -0.25) is 4.79 Å². The molecule has 1 aliphatic heterocycles. The molecule has 2 atom stereocenters. The van der Waals surface area contributed by atoms with E-state index in [1.807, 2.05) is 37.3 Å². The number of carbonyl (C=O) groups excluding carboxylic acids is 2. The molecule has 0 unspecified atom stereocenters. The van der Waals surface area contributed by atoms with Crippen molar-refractivity contribution in [1.29, 1.82) is 0 Å². The molecule has 5 heteroatoms. The van der Waals surface area contributed by atoms with Crippen LogP contribution in [0.1, 0.15) is 32.3 Å². The number of amides is 1. The van der Waals surface area contributed by atoms with E-state index in [0.717, 1.165) is 18.4 Å². The molecule has 0 aliphatic carbocycles. The first-order valence-electron chi connectivity index (χ1n) is 7.77. The Balaban J connectivity index is 1.92. The molecule has 0 saturated carbocycles. The monoisotopic (exact) mass is 305 g/mol. The van der Waals surface area contributed by atoms with Crippen molar-refractivity contribution in [2.75, 3.05) is 13.2 Å². The SMILES string of the molecule is CCOC(=O)[C@H]1CCCN(C(=O)OCc2ccccc2)[C@@H]1C. The zero-order valence-corrected chi connectivity index (χ0v) is 13.2. The summed E-state index contributed by atoms with van der Waals surface area (Å²) < 4.78 is 10.5. The summed E-state index contributed by atoms with van der Waals surface area (Å²) in [6.45, 7) is 4.89. The van der Waals surface area contributed by atoms with Gasteiger partial charge in [-0.05, 0) is 32.3 Å². The van der Waals surface area contributed by atoms with Gasteiger partial charge in [0, 0.05) is 12.6 Å². The number of hydrogen-bond acceptors (Lipinski definition) is 4. The van der Waals surface area contributed by atoms with Crippen LogP contribution in [0.5, 0.6) is 0 Å². The first-order valence-corrected chi connectivity index (χ1v) is 7.77. The highest BCUT2D eigenvalue weighted by Gasteiger charge is 2.36.